The first-order valence-electron chi connectivity index (χ1n) is 12.8. The Morgan fingerprint density at radius 3 is 2.28 bits per heavy atom. The molecule has 3 N–H and O–H groups in total. The lowest BCUT2D eigenvalue weighted by Gasteiger charge is -2.39. The second-order valence-electron chi connectivity index (χ2n) is 9.63. The van der Waals surface area contributed by atoms with Gasteiger partial charge in [-0.3, -0.25) is 9.59 Å². The van der Waals surface area contributed by atoms with Gasteiger partial charge < -0.3 is 29.9 Å². The van der Waals surface area contributed by atoms with E-state index in [1.807, 2.05) is 48.5 Å². The third-order valence-corrected chi connectivity index (χ3v) is 6.79. The number of anilines is 1. The molecule has 0 aliphatic carbocycles. The molecular formula is C28H36N2O6. The van der Waals surface area contributed by atoms with Crippen LogP contribution in [-0.2, 0) is 25.7 Å². The van der Waals surface area contributed by atoms with Gasteiger partial charge in [-0.1, -0.05) is 42.8 Å². The third kappa shape index (κ3) is 7.61. The van der Waals surface area contributed by atoms with Crippen LogP contribution in [0.4, 0.5) is 5.69 Å². The number of amides is 1. The lowest BCUT2D eigenvalue weighted by atomic mass is 9.99. The predicted octanol–water partition coefficient (Wildman–Crippen LogP) is 4.40. The number of aliphatic hydroxyl groups is 1. The molecule has 2 heterocycles. The fourth-order valence-electron chi connectivity index (χ4n) is 4.81. The molecule has 0 radical (unpaired) electrons. The number of carbonyl (C=O) groups is 2. The highest BCUT2D eigenvalue weighted by molar-refractivity contribution is 5.90. The normalized spacial score (nSPS) is 22.8. The van der Waals surface area contributed by atoms with Crippen molar-refractivity contribution < 1.29 is 29.3 Å². The number of carboxylic acids is 1. The number of nitrogens with zero attached hydrogens (tertiary/aromatic N) is 1. The quantitative estimate of drug-likeness (QED) is 0.447. The molecule has 0 bridgehead atoms. The zero-order valence-electron chi connectivity index (χ0n) is 20.6. The van der Waals surface area contributed by atoms with Crippen LogP contribution in [0.3, 0.4) is 0 Å². The van der Waals surface area contributed by atoms with Gasteiger partial charge in [0.05, 0.1) is 18.8 Å². The average molecular weight is 497 g/mol. The van der Waals surface area contributed by atoms with Crippen LogP contribution in [0.15, 0.2) is 48.5 Å². The van der Waals surface area contributed by atoms with E-state index in [-0.39, 0.29) is 37.6 Å². The van der Waals surface area contributed by atoms with Gasteiger partial charge in [-0.05, 0) is 55.6 Å². The van der Waals surface area contributed by atoms with Gasteiger partial charge in [0.1, 0.15) is 0 Å². The van der Waals surface area contributed by atoms with Gasteiger partial charge in [0, 0.05) is 37.1 Å². The highest BCUT2D eigenvalue weighted by Crippen LogP contribution is 2.38. The molecule has 0 spiro atoms. The largest absolute Gasteiger partial charge is 0.481 e. The molecule has 8 heteroatoms. The zero-order chi connectivity index (χ0) is 25.3. The van der Waals surface area contributed by atoms with Crippen molar-refractivity contribution >= 4 is 17.6 Å². The molecule has 2 aliphatic rings. The number of benzene rings is 2. The molecule has 1 amide bonds. The minimum absolute atomic E-state index is 0.0115. The molecule has 2 aliphatic heterocycles. The van der Waals surface area contributed by atoms with Crippen molar-refractivity contribution in [2.45, 2.75) is 70.1 Å². The molecule has 2 fully saturated rings. The third-order valence-electron chi connectivity index (χ3n) is 6.79. The predicted molar refractivity (Wildman–Crippen MR) is 135 cm³/mol. The maximum atomic E-state index is 12.1. The van der Waals surface area contributed by atoms with Gasteiger partial charge >= 0.3 is 5.97 Å². The summed E-state index contributed by atoms with van der Waals surface area (Å²) >= 11 is 0. The van der Waals surface area contributed by atoms with Crippen molar-refractivity contribution in [2.24, 2.45) is 0 Å². The van der Waals surface area contributed by atoms with Crippen LogP contribution in [0.5, 0.6) is 0 Å². The summed E-state index contributed by atoms with van der Waals surface area (Å²) in [4.78, 5) is 25.2. The Morgan fingerprint density at radius 1 is 0.917 bits per heavy atom. The van der Waals surface area contributed by atoms with Gasteiger partial charge in [0.2, 0.25) is 5.91 Å². The SMILES string of the molecule is O=C(O)CCCC(=O)Nc1ccc(C2OC(CN3CCCCC3)CC(c3ccc(CO)cc3)O2)cc1. The van der Waals surface area contributed by atoms with E-state index in [0.29, 0.717) is 12.1 Å². The van der Waals surface area contributed by atoms with Crippen molar-refractivity contribution in [1.29, 1.82) is 0 Å². The van der Waals surface area contributed by atoms with Crippen molar-refractivity contribution in [2.75, 3.05) is 25.0 Å². The summed E-state index contributed by atoms with van der Waals surface area (Å²) in [6.07, 6.45) is 4.32. The zero-order valence-corrected chi connectivity index (χ0v) is 20.6. The van der Waals surface area contributed by atoms with E-state index in [4.69, 9.17) is 14.6 Å². The molecule has 8 nitrogen and oxygen atoms in total. The minimum Gasteiger partial charge on any atom is -0.481 e. The number of aliphatic hydroxyl groups excluding tert-OH is 1. The Balaban J connectivity index is 1.43. The molecular weight excluding hydrogens is 460 g/mol. The monoisotopic (exact) mass is 496 g/mol. The Bertz CT molecular complexity index is 988. The summed E-state index contributed by atoms with van der Waals surface area (Å²) in [6, 6.07) is 15.3. The maximum Gasteiger partial charge on any atom is 0.303 e. The summed E-state index contributed by atoms with van der Waals surface area (Å²) in [7, 11) is 0. The van der Waals surface area contributed by atoms with Crippen LogP contribution in [0.25, 0.3) is 0 Å². The lowest BCUT2D eigenvalue weighted by Crippen LogP contribution is -2.41. The lowest BCUT2D eigenvalue weighted by molar-refractivity contribution is -0.253. The van der Waals surface area contributed by atoms with Crippen LogP contribution in [0, 0.1) is 0 Å². The Kier molecular flexibility index (Phi) is 9.47. The summed E-state index contributed by atoms with van der Waals surface area (Å²) < 4.78 is 12.8. The van der Waals surface area contributed by atoms with Crippen LogP contribution < -0.4 is 5.32 Å². The first-order chi connectivity index (χ1) is 17.5. The first kappa shape index (κ1) is 26.3. The fourth-order valence-corrected chi connectivity index (χ4v) is 4.81. The molecule has 3 atom stereocenters. The summed E-state index contributed by atoms with van der Waals surface area (Å²) in [5, 5.41) is 20.9. The molecule has 0 aromatic heterocycles. The van der Waals surface area contributed by atoms with Gasteiger partial charge in [0.15, 0.2) is 6.29 Å². The topological polar surface area (TPSA) is 108 Å². The number of carboxylic acid groups (broad SMARTS) is 1. The molecule has 0 saturated carbocycles. The highest BCUT2D eigenvalue weighted by atomic mass is 16.7. The number of hydrogen-bond donors (Lipinski definition) is 3. The van der Waals surface area contributed by atoms with Crippen LogP contribution in [0.2, 0.25) is 0 Å². The van der Waals surface area contributed by atoms with Crippen molar-refractivity contribution in [3.63, 3.8) is 0 Å². The van der Waals surface area contributed by atoms with E-state index < -0.39 is 12.3 Å². The Morgan fingerprint density at radius 2 is 1.61 bits per heavy atom. The highest BCUT2D eigenvalue weighted by Gasteiger charge is 2.33. The average Bonchev–Trinajstić information content (AvgIpc) is 2.89. The fraction of sp³-hybridized carbons (Fsp3) is 0.500. The molecule has 2 aromatic carbocycles. The molecule has 3 unspecified atom stereocenters. The van der Waals surface area contributed by atoms with Gasteiger partial charge in [-0.2, -0.15) is 0 Å². The summed E-state index contributed by atoms with van der Waals surface area (Å²) in [5.41, 5.74) is 3.46. The van der Waals surface area contributed by atoms with E-state index in [2.05, 4.69) is 10.2 Å². The van der Waals surface area contributed by atoms with Crippen LogP contribution in [0.1, 0.15) is 74.0 Å². The summed E-state index contributed by atoms with van der Waals surface area (Å²) in [6.45, 7) is 3.08. The molecule has 2 aromatic rings. The number of nitrogens with one attached hydrogen (secondary N) is 1. The van der Waals surface area contributed by atoms with E-state index in [9.17, 15) is 14.7 Å². The Hall–Kier alpha value is -2.78. The number of hydrogen-bond acceptors (Lipinski definition) is 6. The van der Waals surface area contributed by atoms with Gasteiger partial charge in [0.25, 0.3) is 0 Å². The van der Waals surface area contributed by atoms with Gasteiger partial charge in [-0.15, -0.1) is 0 Å². The molecule has 2 saturated heterocycles. The van der Waals surface area contributed by atoms with E-state index in [1.165, 1.54) is 19.3 Å². The van der Waals surface area contributed by atoms with Gasteiger partial charge in [-0.25, -0.2) is 0 Å². The van der Waals surface area contributed by atoms with Crippen molar-refractivity contribution in [3.05, 3.63) is 65.2 Å². The van der Waals surface area contributed by atoms with Crippen LogP contribution >= 0.6 is 0 Å². The number of rotatable bonds is 10. The number of ether oxygens (including phenoxy) is 2. The molecule has 4 rings (SSSR count). The second kappa shape index (κ2) is 13.0. The first-order valence-corrected chi connectivity index (χ1v) is 12.8. The summed E-state index contributed by atoms with van der Waals surface area (Å²) in [5.74, 6) is -1.11. The van der Waals surface area contributed by atoms with E-state index >= 15 is 0 Å². The van der Waals surface area contributed by atoms with E-state index in [1.54, 1.807) is 0 Å². The van der Waals surface area contributed by atoms with Crippen LogP contribution in [-0.4, -0.2) is 52.7 Å². The smallest absolute Gasteiger partial charge is 0.303 e. The second-order valence-corrected chi connectivity index (χ2v) is 9.63. The number of aliphatic carboxylic acids is 1. The number of piperidine rings is 1. The number of carbonyl (C=O) groups excluding carboxylic acids is 1. The molecule has 36 heavy (non-hydrogen) atoms. The standard InChI is InChI=1S/C28H36N2O6/c31-19-20-7-9-21(10-8-20)25-17-24(18-30-15-2-1-3-16-30)35-28(36-25)22-11-13-23(14-12-22)29-26(32)5-4-6-27(33)34/h7-14,24-25,28,31H,1-6,15-19H2,(H,29,32)(H,33,34). The van der Waals surface area contributed by atoms with E-state index in [0.717, 1.165) is 42.7 Å². The number of likely N-dealkylation sites (tertiary alicyclic amines) is 1. The molecule has 194 valence electrons. The van der Waals surface area contributed by atoms with Crippen molar-refractivity contribution in [1.82, 2.24) is 4.90 Å². The Labute approximate surface area is 212 Å². The maximum absolute atomic E-state index is 12.1. The minimum atomic E-state index is -0.902. The van der Waals surface area contributed by atoms with Crippen molar-refractivity contribution in [3.8, 4) is 0 Å².